The molecule has 3 aromatic rings. The lowest BCUT2D eigenvalue weighted by molar-refractivity contribution is 0.103. The number of fused-ring (bicyclic) bond motifs is 2. The number of aliphatic hydroxyl groups excluding tert-OH is 3. The fourth-order valence-electron chi connectivity index (χ4n) is 5.26. The van der Waals surface area contributed by atoms with Crippen LogP contribution in [0.15, 0.2) is 42.0 Å². The van der Waals surface area contributed by atoms with E-state index in [1.54, 1.807) is 36.4 Å². The van der Waals surface area contributed by atoms with Crippen LogP contribution in [0.25, 0.3) is 6.08 Å². The highest BCUT2D eigenvalue weighted by Crippen LogP contribution is 2.51. The van der Waals surface area contributed by atoms with Crippen LogP contribution < -0.4 is 23.7 Å². The second kappa shape index (κ2) is 10.4. The van der Waals surface area contributed by atoms with Crippen molar-refractivity contribution in [2.24, 2.45) is 0 Å². The molecule has 2 aliphatic rings. The molecule has 0 fully saturated rings. The number of methoxy groups -OCH3 is 3. The van der Waals surface area contributed by atoms with Crippen LogP contribution in [0.2, 0.25) is 0 Å². The van der Waals surface area contributed by atoms with Gasteiger partial charge in [-0.1, -0.05) is 6.07 Å². The first-order valence-electron chi connectivity index (χ1n) is 11.9. The Hall–Kier alpha value is -4.05. The molecule has 9 nitrogen and oxygen atoms in total. The summed E-state index contributed by atoms with van der Waals surface area (Å²) in [4.78, 5) is 14.0. The number of benzene rings is 3. The third-order valence-electron chi connectivity index (χ3n) is 6.95. The summed E-state index contributed by atoms with van der Waals surface area (Å²) < 4.78 is 27.7. The maximum Gasteiger partial charge on any atom is 0.231 e. The number of allylic oxidation sites excluding steroid dienone is 1. The van der Waals surface area contributed by atoms with Crippen molar-refractivity contribution < 1.29 is 43.8 Å². The lowest BCUT2D eigenvalue weighted by Gasteiger charge is -2.22. The molecule has 5 rings (SSSR count). The maximum atomic E-state index is 14.0. The van der Waals surface area contributed by atoms with E-state index in [0.717, 1.165) is 5.56 Å². The van der Waals surface area contributed by atoms with Crippen LogP contribution in [0.5, 0.6) is 28.7 Å². The number of rotatable bonds is 8. The maximum absolute atomic E-state index is 14.0. The van der Waals surface area contributed by atoms with Gasteiger partial charge in [-0.2, -0.15) is 0 Å². The lowest BCUT2D eigenvalue weighted by atomic mass is 9.85. The summed E-state index contributed by atoms with van der Waals surface area (Å²) in [6.07, 6.45) is 1.78. The van der Waals surface area contributed by atoms with Gasteiger partial charge in [-0.05, 0) is 53.1 Å². The number of ketones is 1. The molecule has 1 aliphatic carbocycles. The van der Waals surface area contributed by atoms with E-state index in [1.807, 2.05) is 6.07 Å². The Morgan fingerprint density at radius 2 is 1.61 bits per heavy atom. The largest absolute Gasteiger partial charge is 0.496 e. The highest BCUT2D eigenvalue weighted by atomic mass is 16.7. The summed E-state index contributed by atoms with van der Waals surface area (Å²) >= 11 is 0. The molecular weight excluding hydrogens is 492 g/mol. The van der Waals surface area contributed by atoms with Crippen LogP contribution in [-0.4, -0.2) is 49.2 Å². The van der Waals surface area contributed by atoms with Gasteiger partial charge in [0, 0.05) is 33.7 Å². The van der Waals surface area contributed by atoms with Gasteiger partial charge < -0.3 is 39.0 Å². The summed E-state index contributed by atoms with van der Waals surface area (Å²) in [5, 5.41) is 30.2. The van der Waals surface area contributed by atoms with E-state index < -0.39 is 5.92 Å². The number of ether oxygens (including phenoxy) is 5. The van der Waals surface area contributed by atoms with Gasteiger partial charge >= 0.3 is 0 Å². The molecule has 0 saturated carbocycles. The van der Waals surface area contributed by atoms with Gasteiger partial charge in [-0.25, -0.2) is 0 Å². The fourth-order valence-corrected chi connectivity index (χ4v) is 5.26. The smallest absolute Gasteiger partial charge is 0.231 e. The minimum atomic E-state index is -0.638. The molecule has 3 N–H and O–H groups in total. The van der Waals surface area contributed by atoms with E-state index in [4.69, 9.17) is 23.7 Å². The standard InChI is InChI=1S/C29H28O9/c1-34-24-10-16(8-18(12-31)28(24)35-2)25-19(6-15-4-5-22-23(7-15)38-14-37-22)27(33)20-9-17(11-30)21(13-32)29(36-3)26(20)25/h4-10,25,30-32H,11-14H2,1-3H3/b19-6-. The molecular formula is C29H28O9. The first kappa shape index (κ1) is 25.6. The van der Waals surface area contributed by atoms with Gasteiger partial charge in [0.2, 0.25) is 6.79 Å². The van der Waals surface area contributed by atoms with Crippen LogP contribution in [0.4, 0.5) is 0 Å². The van der Waals surface area contributed by atoms with E-state index in [-0.39, 0.29) is 32.4 Å². The average Bonchev–Trinajstić information content (AvgIpc) is 3.53. The second-order valence-corrected chi connectivity index (χ2v) is 8.87. The Balaban J connectivity index is 1.80. The molecule has 3 aromatic carbocycles. The highest BCUT2D eigenvalue weighted by Gasteiger charge is 2.40. The molecule has 0 aromatic heterocycles. The minimum Gasteiger partial charge on any atom is -0.496 e. The minimum absolute atomic E-state index is 0.128. The summed E-state index contributed by atoms with van der Waals surface area (Å²) in [6, 6.07) is 10.5. The highest BCUT2D eigenvalue weighted by molar-refractivity contribution is 6.18. The first-order valence-corrected chi connectivity index (χ1v) is 11.9. The molecule has 0 spiro atoms. The van der Waals surface area contributed by atoms with Crippen molar-refractivity contribution in [2.75, 3.05) is 28.1 Å². The number of aliphatic hydroxyl groups is 3. The quantitative estimate of drug-likeness (QED) is 0.384. The van der Waals surface area contributed by atoms with Crippen molar-refractivity contribution in [3.8, 4) is 28.7 Å². The number of carbonyl (C=O) groups is 1. The van der Waals surface area contributed by atoms with Crippen LogP contribution in [-0.2, 0) is 19.8 Å². The predicted molar refractivity (Wildman–Crippen MR) is 137 cm³/mol. The van der Waals surface area contributed by atoms with Gasteiger partial charge in [0.15, 0.2) is 28.8 Å². The van der Waals surface area contributed by atoms with Gasteiger partial charge in [-0.15, -0.1) is 0 Å². The van der Waals surface area contributed by atoms with Gasteiger partial charge in [0.25, 0.3) is 0 Å². The van der Waals surface area contributed by atoms with Crippen LogP contribution in [0, 0.1) is 0 Å². The zero-order chi connectivity index (χ0) is 27.0. The second-order valence-electron chi connectivity index (χ2n) is 8.87. The van der Waals surface area contributed by atoms with Crippen LogP contribution in [0.1, 0.15) is 49.7 Å². The van der Waals surface area contributed by atoms with Crippen molar-refractivity contribution in [1.29, 1.82) is 0 Å². The summed E-state index contributed by atoms with van der Waals surface area (Å²) in [6.45, 7) is -0.945. The Morgan fingerprint density at radius 1 is 0.868 bits per heavy atom. The van der Waals surface area contributed by atoms with Crippen molar-refractivity contribution in [3.63, 3.8) is 0 Å². The first-order chi connectivity index (χ1) is 18.5. The van der Waals surface area contributed by atoms with Crippen molar-refractivity contribution in [2.45, 2.75) is 25.7 Å². The SMILES string of the molecule is COc1cc(C2/C(=C/c3ccc4c(c3)OCO4)C(=O)c3cc(CO)c(CO)c(OC)c32)cc(CO)c1OC. The number of hydrogen-bond donors (Lipinski definition) is 3. The molecule has 198 valence electrons. The van der Waals surface area contributed by atoms with Crippen molar-refractivity contribution in [1.82, 2.24) is 0 Å². The zero-order valence-corrected chi connectivity index (χ0v) is 21.2. The van der Waals surface area contributed by atoms with Crippen molar-refractivity contribution >= 4 is 11.9 Å². The zero-order valence-electron chi connectivity index (χ0n) is 21.2. The van der Waals surface area contributed by atoms with Gasteiger partial charge in [0.1, 0.15) is 5.75 Å². The number of Topliss-reactive ketones (excluding diaryl/α,β-unsaturated/α-hetero) is 1. The van der Waals surface area contributed by atoms with E-state index in [2.05, 4.69) is 0 Å². The number of carbonyl (C=O) groups excluding carboxylic acids is 1. The molecule has 1 aliphatic heterocycles. The van der Waals surface area contributed by atoms with Crippen molar-refractivity contribution in [3.05, 3.63) is 80.9 Å². The molecule has 0 bridgehead atoms. The van der Waals surface area contributed by atoms with E-state index >= 15 is 0 Å². The predicted octanol–water partition coefficient (Wildman–Crippen LogP) is 3.33. The van der Waals surface area contributed by atoms with Crippen LogP contribution in [0.3, 0.4) is 0 Å². The fraction of sp³-hybridized carbons (Fsp3) is 0.276. The van der Waals surface area contributed by atoms with E-state index in [0.29, 0.717) is 67.7 Å². The Kier molecular flexibility index (Phi) is 6.98. The Morgan fingerprint density at radius 3 is 2.26 bits per heavy atom. The summed E-state index contributed by atoms with van der Waals surface area (Å²) in [5.41, 5.74) is 4.03. The molecule has 1 heterocycles. The van der Waals surface area contributed by atoms with E-state index in [9.17, 15) is 20.1 Å². The third-order valence-corrected chi connectivity index (χ3v) is 6.95. The third kappa shape index (κ3) is 4.05. The molecule has 1 atom stereocenters. The summed E-state index contributed by atoms with van der Waals surface area (Å²) in [7, 11) is 4.45. The van der Waals surface area contributed by atoms with Crippen LogP contribution >= 0.6 is 0 Å². The lowest BCUT2D eigenvalue weighted by Crippen LogP contribution is -2.08. The molecule has 38 heavy (non-hydrogen) atoms. The van der Waals surface area contributed by atoms with E-state index in [1.165, 1.54) is 21.3 Å². The number of hydrogen-bond acceptors (Lipinski definition) is 9. The Bertz CT molecular complexity index is 1420. The normalized spacial score (nSPS) is 16.6. The summed E-state index contributed by atoms with van der Waals surface area (Å²) in [5.74, 6) is 1.42. The average molecular weight is 521 g/mol. The molecule has 1 unspecified atom stereocenters. The van der Waals surface area contributed by atoms with Gasteiger partial charge in [-0.3, -0.25) is 4.79 Å². The molecule has 9 heteroatoms. The monoisotopic (exact) mass is 520 g/mol. The molecule has 0 radical (unpaired) electrons. The molecule has 0 saturated heterocycles. The van der Waals surface area contributed by atoms with Gasteiger partial charge in [0.05, 0.1) is 41.2 Å². The molecule has 0 amide bonds. The Labute approximate surface area is 219 Å². The topological polar surface area (TPSA) is 124 Å².